The van der Waals surface area contributed by atoms with Crippen LogP contribution in [0.25, 0.3) is 0 Å². The van der Waals surface area contributed by atoms with E-state index in [1.807, 2.05) is 13.0 Å². The molecule has 0 aliphatic carbocycles. The fourth-order valence-corrected chi connectivity index (χ4v) is 1.55. The molecule has 0 saturated carbocycles. The predicted molar refractivity (Wildman–Crippen MR) is 72.7 cm³/mol. The van der Waals surface area contributed by atoms with E-state index < -0.39 is 0 Å². The molecule has 0 unspecified atom stereocenters. The zero-order chi connectivity index (χ0) is 13.5. The van der Waals surface area contributed by atoms with Crippen molar-refractivity contribution < 1.29 is 9.59 Å². The Labute approximate surface area is 107 Å². The van der Waals surface area contributed by atoms with Gasteiger partial charge in [-0.3, -0.25) is 9.59 Å². The summed E-state index contributed by atoms with van der Waals surface area (Å²) in [7, 11) is 1.80. The zero-order valence-corrected chi connectivity index (χ0v) is 11.0. The van der Waals surface area contributed by atoms with Crippen molar-refractivity contribution in [2.75, 3.05) is 24.2 Å². The number of anilines is 2. The molecule has 3 N–H and O–H groups in total. The molecule has 0 aliphatic rings. The quantitative estimate of drug-likeness (QED) is 0.740. The Morgan fingerprint density at radius 2 is 1.78 bits per heavy atom. The fraction of sp³-hybridized carbons (Fsp3) is 0.385. The highest BCUT2D eigenvalue weighted by atomic mass is 16.2. The average Bonchev–Trinajstić information content (AvgIpc) is 2.31. The largest absolute Gasteiger partial charge is 0.326 e. The summed E-state index contributed by atoms with van der Waals surface area (Å²) in [6.45, 7) is 3.95. The highest BCUT2D eigenvalue weighted by Crippen LogP contribution is 2.23. The second-order valence-corrected chi connectivity index (χ2v) is 4.06. The molecule has 1 aromatic carbocycles. The third-order valence-corrected chi connectivity index (χ3v) is 2.52. The molecule has 0 heterocycles. The maximum absolute atomic E-state index is 11.6. The van der Waals surface area contributed by atoms with Crippen LogP contribution in [0.2, 0.25) is 0 Å². The van der Waals surface area contributed by atoms with E-state index in [0.29, 0.717) is 18.7 Å². The van der Waals surface area contributed by atoms with E-state index in [0.717, 1.165) is 11.3 Å². The normalized spacial score (nSPS) is 9.94. The molecule has 5 nitrogen and oxygen atoms in total. The van der Waals surface area contributed by atoms with Gasteiger partial charge in [-0.15, -0.1) is 0 Å². The first-order chi connectivity index (χ1) is 8.54. The van der Waals surface area contributed by atoms with Crippen molar-refractivity contribution in [1.29, 1.82) is 0 Å². The van der Waals surface area contributed by atoms with Crippen LogP contribution < -0.4 is 16.0 Å². The number of nitrogens with one attached hydrogen (secondary N) is 3. The number of hydrogen-bond donors (Lipinski definition) is 3. The standard InChI is InChI=1S/C13H19N3O2/c1-9-11(15-10(2)17)5-4-6-12(9)16-13(18)7-8-14-3/h4-6,14H,7-8H2,1-3H3,(H,15,17)(H,16,18). The molecular formula is C13H19N3O2. The summed E-state index contributed by atoms with van der Waals surface area (Å²) in [6.07, 6.45) is 0.417. The van der Waals surface area contributed by atoms with Gasteiger partial charge in [0.05, 0.1) is 0 Å². The molecule has 2 amide bonds. The van der Waals surface area contributed by atoms with Crippen LogP contribution in [0.3, 0.4) is 0 Å². The van der Waals surface area contributed by atoms with Gasteiger partial charge in [-0.1, -0.05) is 6.07 Å². The summed E-state index contributed by atoms with van der Waals surface area (Å²) in [5, 5.41) is 8.47. The molecule has 98 valence electrons. The Bertz CT molecular complexity index is 444. The molecule has 0 aliphatic heterocycles. The molecule has 1 rings (SSSR count). The lowest BCUT2D eigenvalue weighted by Crippen LogP contribution is -2.19. The summed E-state index contributed by atoms with van der Waals surface area (Å²) >= 11 is 0. The Hall–Kier alpha value is -1.88. The predicted octanol–water partition coefficient (Wildman–Crippen LogP) is 1.50. The van der Waals surface area contributed by atoms with E-state index in [1.165, 1.54) is 6.92 Å². The second-order valence-electron chi connectivity index (χ2n) is 4.06. The monoisotopic (exact) mass is 249 g/mol. The highest BCUT2D eigenvalue weighted by molar-refractivity contribution is 5.95. The van der Waals surface area contributed by atoms with Crippen molar-refractivity contribution in [2.45, 2.75) is 20.3 Å². The number of carbonyl (C=O) groups is 2. The van der Waals surface area contributed by atoms with Gasteiger partial charge in [0.2, 0.25) is 11.8 Å². The van der Waals surface area contributed by atoms with Crippen molar-refractivity contribution in [3.63, 3.8) is 0 Å². The minimum absolute atomic E-state index is 0.0487. The highest BCUT2D eigenvalue weighted by Gasteiger charge is 2.07. The van der Waals surface area contributed by atoms with Gasteiger partial charge < -0.3 is 16.0 Å². The summed E-state index contributed by atoms with van der Waals surface area (Å²) in [6, 6.07) is 5.42. The van der Waals surface area contributed by atoms with Crippen LogP contribution in [0, 0.1) is 6.92 Å². The van der Waals surface area contributed by atoms with Gasteiger partial charge in [-0.05, 0) is 31.7 Å². The van der Waals surface area contributed by atoms with Gasteiger partial charge in [0.1, 0.15) is 0 Å². The second kappa shape index (κ2) is 6.76. The van der Waals surface area contributed by atoms with E-state index in [9.17, 15) is 9.59 Å². The molecule has 1 aromatic rings. The third kappa shape index (κ3) is 4.18. The first kappa shape index (κ1) is 14.2. The minimum atomic E-state index is -0.128. The molecule has 0 radical (unpaired) electrons. The topological polar surface area (TPSA) is 70.2 Å². The van der Waals surface area contributed by atoms with E-state index in [4.69, 9.17) is 0 Å². The van der Waals surface area contributed by atoms with Crippen LogP contribution in [-0.4, -0.2) is 25.4 Å². The van der Waals surface area contributed by atoms with Gasteiger partial charge in [0.25, 0.3) is 0 Å². The Morgan fingerprint density at radius 3 is 2.33 bits per heavy atom. The van der Waals surface area contributed by atoms with Gasteiger partial charge in [-0.2, -0.15) is 0 Å². The fourth-order valence-electron chi connectivity index (χ4n) is 1.55. The SMILES string of the molecule is CNCCC(=O)Nc1cccc(NC(C)=O)c1C. The van der Waals surface area contributed by atoms with Crippen LogP contribution in [0.5, 0.6) is 0 Å². The lowest BCUT2D eigenvalue weighted by Gasteiger charge is -2.12. The van der Waals surface area contributed by atoms with Crippen molar-refractivity contribution in [3.05, 3.63) is 23.8 Å². The molecule has 0 aromatic heterocycles. The van der Waals surface area contributed by atoms with Crippen molar-refractivity contribution in [1.82, 2.24) is 5.32 Å². The zero-order valence-electron chi connectivity index (χ0n) is 11.0. The first-order valence-corrected chi connectivity index (χ1v) is 5.86. The summed E-state index contributed by atoms with van der Waals surface area (Å²) in [5.74, 6) is -0.177. The van der Waals surface area contributed by atoms with E-state index >= 15 is 0 Å². The summed E-state index contributed by atoms with van der Waals surface area (Å²) in [4.78, 5) is 22.7. The molecule has 0 atom stereocenters. The maximum atomic E-state index is 11.6. The average molecular weight is 249 g/mol. The van der Waals surface area contributed by atoms with Crippen LogP contribution >= 0.6 is 0 Å². The smallest absolute Gasteiger partial charge is 0.225 e. The molecule has 0 spiro atoms. The van der Waals surface area contributed by atoms with Crippen molar-refractivity contribution in [2.24, 2.45) is 0 Å². The van der Waals surface area contributed by atoms with E-state index in [-0.39, 0.29) is 11.8 Å². The lowest BCUT2D eigenvalue weighted by molar-refractivity contribution is -0.116. The first-order valence-electron chi connectivity index (χ1n) is 5.86. The third-order valence-electron chi connectivity index (χ3n) is 2.52. The van der Waals surface area contributed by atoms with Gasteiger partial charge in [0, 0.05) is 31.3 Å². The number of benzene rings is 1. The number of rotatable bonds is 5. The number of amides is 2. The molecule has 5 heteroatoms. The molecule has 0 bridgehead atoms. The van der Waals surface area contributed by atoms with Gasteiger partial charge >= 0.3 is 0 Å². The van der Waals surface area contributed by atoms with Crippen molar-refractivity contribution in [3.8, 4) is 0 Å². The molecule has 0 saturated heterocycles. The van der Waals surface area contributed by atoms with Crippen molar-refractivity contribution >= 4 is 23.2 Å². The van der Waals surface area contributed by atoms with Crippen LogP contribution in [0.1, 0.15) is 18.9 Å². The van der Waals surface area contributed by atoms with Gasteiger partial charge in [-0.25, -0.2) is 0 Å². The van der Waals surface area contributed by atoms with Crippen LogP contribution in [-0.2, 0) is 9.59 Å². The molecule has 0 fully saturated rings. The molecular weight excluding hydrogens is 230 g/mol. The van der Waals surface area contributed by atoms with Crippen LogP contribution in [0.4, 0.5) is 11.4 Å². The minimum Gasteiger partial charge on any atom is -0.326 e. The summed E-state index contributed by atoms with van der Waals surface area (Å²) in [5.41, 5.74) is 2.29. The Balaban J connectivity index is 2.77. The lowest BCUT2D eigenvalue weighted by atomic mass is 10.1. The molecule has 18 heavy (non-hydrogen) atoms. The van der Waals surface area contributed by atoms with Gasteiger partial charge in [0.15, 0.2) is 0 Å². The van der Waals surface area contributed by atoms with E-state index in [2.05, 4.69) is 16.0 Å². The Morgan fingerprint density at radius 1 is 1.17 bits per heavy atom. The van der Waals surface area contributed by atoms with Crippen LogP contribution in [0.15, 0.2) is 18.2 Å². The van der Waals surface area contributed by atoms with E-state index in [1.54, 1.807) is 19.2 Å². The Kier molecular flexibility index (Phi) is 5.32. The number of hydrogen-bond acceptors (Lipinski definition) is 3. The summed E-state index contributed by atoms with van der Waals surface area (Å²) < 4.78 is 0. The maximum Gasteiger partial charge on any atom is 0.225 e. The number of carbonyl (C=O) groups excluding carboxylic acids is 2.